The number of hydrogen-bond donors (Lipinski definition) is 0. The highest BCUT2D eigenvalue weighted by Gasteiger charge is 2.47. The third-order valence-corrected chi connectivity index (χ3v) is 5.82. The van der Waals surface area contributed by atoms with Crippen LogP contribution in [0, 0.1) is 11.8 Å². The van der Waals surface area contributed by atoms with Crippen molar-refractivity contribution < 1.29 is 4.79 Å². The highest BCUT2D eigenvalue weighted by molar-refractivity contribution is 5.73. The van der Waals surface area contributed by atoms with Gasteiger partial charge < -0.3 is 4.90 Å². The van der Waals surface area contributed by atoms with E-state index >= 15 is 0 Å². The molecule has 104 valence electrons. The van der Waals surface area contributed by atoms with Crippen LogP contribution in [0.4, 0.5) is 0 Å². The summed E-state index contributed by atoms with van der Waals surface area (Å²) in [6.45, 7) is 2.58. The number of aldehydes is 1. The van der Waals surface area contributed by atoms with Crippen LogP contribution in [0.5, 0.6) is 0 Å². The third-order valence-electron chi connectivity index (χ3n) is 5.82. The van der Waals surface area contributed by atoms with Gasteiger partial charge in [-0.25, -0.2) is 0 Å². The molecule has 0 radical (unpaired) electrons. The monoisotopic (exact) mass is 260 g/mol. The molecule has 3 fully saturated rings. The van der Waals surface area contributed by atoms with Gasteiger partial charge in [0.1, 0.15) is 6.29 Å². The molecule has 0 spiro atoms. The number of fused-ring (bicyclic) bond motifs is 2. The van der Waals surface area contributed by atoms with Gasteiger partial charge >= 0.3 is 0 Å². The molecule has 3 heterocycles. The third kappa shape index (κ3) is 1.85. The van der Waals surface area contributed by atoms with Gasteiger partial charge in [-0.3, -0.25) is 9.69 Å². The summed E-state index contributed by atoms with van der Waals surface area (Å²) in [5, 5.41) is 0. The molecule has 4 atom stereocenters. The Morgan fingerprint density at radius 1 is 1.11 bits per heavy atom. The van der Waals surface area contributed by atoms with Gasteiger partial charge in [-0.1, -0.05) is 6.42 Å². The number of piperidine rings is 1. The first-order valence-corrected chi connectivity index (χ1v) is 8.04. The molecule has 1 saturated carbocycles. The van der Waals surface area contributed by atoms with Crippen molar-refractivity contribution in [1.82, 2.24) is 9.80 Å². The maximum absolute atomic E-state index is 11.2. The fourth-order valence-corrected chi connectivity index (χ4v) is 5.10. The van der Waals surface area contributed by atoms with Crippen LogP contribution < -0.4 is 0 Å². The van der Waals surface area contributed by atoms with Crippen molar-refractivity contribution in [2.75, 3.05) is 13.1 Å². The van der Waals surface area contributed by atoms with E-state index in [0.717, 1.165) is 36.2 Å². The van der Waals surface area contributed by atoms with Gasteiger partial charge in [-0.2, -0.15) is 0 Å². The molecule has 3 heteroatoms. The zero-order valence-electron chi connectivity index (χ0n) is 11.6. The second kappa shape index (κ2) is 4.62. The Balaban J connectivity index is 1.70. The van der Waals surface area contributed by atoms with Gasteiger partial charge in [-0.15, -0.1) is 0 Å². The molecule has 0 N–H and O–H groups in total. The topological polar surface area (TPSA) is 23.6 Å². The van der Waals surface area contributed by atoms with E-state index in [-0.39, 0.29) is 0 Å². The van der Waals surface area contributed by atoms with Crippen LogP contribution in [-0.2, 0) is 4.79 Å². The molecule has 19 heavy (non-hydrogen) atoms. The van der Waals surface area contributed by atoms with E-state index in [1.807, 2.05) is 0 Å². The SMILES string of the molecule is O=CC1=CN2[C@@H]3[C@@H](CCC[C@H]3CN3CCCC[C@@H]32)C1. The van der Waals surface area contributed by atoms with Crippen LogP contribution in [-0.4, -0.2) is 41.4 Å². The summed E-state index contributed by atoms with van der Waals surface area (Å²) < 4.78 is 0. The van der Waals surface area contributed by atoms with Crippen LogP contribution in [0.1, 0.15) is 44.9 Å². The standard InChI is InChI=1S/C16H24N2O/c19-11-12-8-13-4-3-5-14-10-17-7-2-1-6-15(17)18(9-12)16(13)14/h9,11,13-16H,1-8,10H2/t13-,14-,15-,16+/m0/s1. The van der Waals surface area contributed by atoms with Gasteiger partial charge in [-0.05, 0) is 50.4 Å². The predicted octanol–water partition coefficient (Wildman–Crippen LogP) is 2.39. The molecule has 4 rings (SSSR count). The Morgan fingerprint density at radius 2 is 2.00 bits per heavy atom. The second-order valence-electron chi connectivity index (χ2n) is 6.89. The van der Waals surface area contributed by atoms with E-state index < -0.39 is 0 Å². The first-order chi connectivity index (χ1) is 9.36. The smallest absolute Gasteiger partial charge is 0.147 e. The lowest BCUT2D eigenvalue weighted by Crippen LogP contribution is -2.65. The molecule has 0 aromatic heterocycles. The van der Waals surface area contributed by atoms with Crippen molar-refractivity contribution >= 4 is 6.29 Å². The molecule has 4 aliphatic rings. The minimum Gasteiger partial charge on any atom is -0.358 e. The molecule has 0 aromatic carbocycles. The molecule has 3 aliphatic heterocycles. The summed E-state index contributed by atoms with van der Waals surface area (Å²) in [6.07, 6.45) is 13.0. The normalized spacial score (nSPS) is 42.1. The van der Waals surface area contributed by atoms with Crippen molar-refractivity contribution in [3.05, 3.63) is 11.8 Å². The minimum absolute atomic E-state index is 0.589. The lowest BCUT2D eigenvalue weighted by atomic mass is 9.70. The average molecular weight is 260 g/mol. The zero-order chi connectivity index (χ0) is 12.8. The quantitative estimate of drug-likeness (QED) is 0.676. The number of hydrogen-bond acceptors (Lipinski definition) is 3. The number of allylic oxidation sites excluding steroid dienone is 1. The van der Waals surface area contributed by atoms with Crippen molar-refractivity contribution in [1.29, 1.82) is 0 Å². The summed E-state index contributed by atoms with van der Waals surface area (Å²) in [6, 6.07) is 0.733. The molecule has 1 aliphatic carbocycles. The van der Waals surface area contributed by atoms with Crippen LogP contribution >= 0.6 is 0 Å². The predicted molar refractivity (Wildman–Crippen MR) is 74.4 cm³/mol. The highest BCUT2D eigenvalue weighted by Crippen LogP contribution is 2.45. The average Bonchev–Trinajstić information content (AvgIpc) is 2.47. The maximum Gasteiger partial charge on any atom is 0.147 e. The molecule has 0 bridgehead atoms. The van der Waals surface area contributed by atoms with Crippen LogP contribution in [0.25, 0.3) is 0 Å². The lowest BCUT2D eigenvalue weighted by Gasteiger charge is -2.59. The Bertz CT molecular complexity index is 406. The van der Waals surface area contributed by atoms with E-state index in [4.69, 9.17) is 0 Å². The van der Waals surface area contributed by atoms with Gasteiger partial charge in [0.05, 0.1) is 6.17 Å². The van der Waals surface area contributed by atoms with Crippen LogP contribution in [0.15, 0.2) is 11.8 Å². The maximum atomic E-state index is 11.2. The fraction of sp³-hybridized carbons (Fsp3) is 0.812. The first kappa shape index (κ1) is 12.0. The van der Waals surface area contributed by atoms with E-state index in [1.54, 1.807) is 0 Å². The van der Waals surface area contributed by atoms with E-state index in [1.165, 1.54) is 51.6 Å². The number of rotatable bonds is 1. The molecular formula is C16H24N2O. The molecule has 0 amide bonds. The summed E-state index contributed by atoms with van der Waals surface area (Å²) in [5.74, 6) is 1.59. The van der Waals surface area contributed by atoms with E-state index in [9.17, 15) is 4.79 Å². The molecule has 3 nitrogen and oxygen atoms in total. The van der Waals surface area contributed by atoms with Gasteiger partial charge in [0.15, 0.2) is 0 Å². The largest absolute Gasteiger partial charge is 0.358 e. The number of nitrogens with zero attached hydrogens (tertiary/aromatic N) is 2. The lowest BCUT2D eigenvalue weighted by molar-refractivity contribution is -0.109. The Kier molecular flexibility index (Phi) is 2.91. The van der Waals surface area contributed by atoms with Gasteiger partial charge in [0.25, 0.3) is 0 Å². The highest BCUT2D eigenvalue weighted by atomic mass is 16.1. The molecule has 2 saturated heterocycles. The van der Waals surface area contributed by atoms with E-state index in [2.05, 4.69) is 16.0 Å². The Hall–Kier alpha value is -0.830. The zero-order valence-corrected chi connectivity index (χ0v) is 11.6. The minimum atomic E-state index is 0.589. The van der Waals surface area contributed by atoms with Crippen molar-refractivity contribution in [2.24, 2.45) is 11.8 Å². The number of carbonyl (C=O) groups is 1. The summed E-state index contributed by atoms with van der Waals surface area (Å²) in [7, 11) is 0. The number of carbonyl (C=O) groups excluding carboxylic acids is 1. The summed E-state index contributed by atoms with van der Waals surface area (Å²) >= 11 is 0. The van der Waals surface area contributed by atoms with E-state index in [0.29, 0.717) is 6.17 Å². The summed E-state index contributed by atoms with van der Waals surface area (Å²) in [4.78, 5) is 16.5. The Labute approximate surface area is 115 Å². The molecule has 0 aromatic rings. The molecule has 0 unspecified atom stereocenters. The van der Waals surface area contributed by atoms with Gasteiger partial charge in [0.2, 0.25) is 0 Å². The molecular weight excluding hydrogens is 236 g/mol. The van der Waals surface area contributed by atoms with Crippen molar-refractivity contribution in [3.8, 4) is 0 Å². The van der Waals surface area contributed by atoms with Crippen molar-refractivity contribution in [2.45, 2.75) is 57.2 Å². The van der Waals surface area contributed by atoms with Crippen LogP contribution in [0.2, 0.25) is 0 Å². The summed E-state index contributed by atoms with van der Waals surface area (Å²) in [5.41, 5.74) is 1.04. The Morgan fingerprint density at radius 3 is 2.89 bits per heavy atom. The van der Waals surface area contributed by atoms with Gasteiger partial charge in [0, 0.05) is 30.9 Å². The first-order valence-electron chi connectivity index (χ1n) is 8.04. The fourth-order valence-electron chi connectivity index (χ4n) is 5.10. The van der Waals surface area contributed by atoms with Crippen molar-refractivity contribution in [3.63, 3.8) is 0 Å². The van der Waals surface area contributed by atoms with Crippen LogP contribution in [0.3, 0.4) is 0 Å². The second-order valence-corrected chi connectivity index (χ2v) is 6.89.